The molecule has 1 aromatic rings. The Balaban J connectivity index is 2.70. The van der Waals surface area contributed by atoms with E-state index in [4.69, 9.17) is 9.84 Å². The van der Waals surface area contributed by atoms with Crippen LogP contribution in [0.1, 0.15) is 31.1 Å². The Morgan fingerprint density at radius 1 is 1.53 bits per heavy atom. The maximum atomic E-state index is 10.7. The van der Waals surface area contributed by atoms with E-state index in [0.717, 1.165) is 0 Å². The van der Waals surface area contributed by atoms with E-state index in [-0.39, 0.29) is 18.1 Å². The van der Waals surface area contributed by atoms with Crippen LogP contribution in [0.4, 0.5) is 0 Å². The third kappa shape index (κ3) is 3.71. The van der Waals surface area contributed by atoms with Crippen molar-refractivity contribution in [2.24, 2.45) is 5.92 Å². The maximum Gasteiger partial charge on any atom is 0.337 e. The van der Waals surface area contributed by atoms with Gasteiger partial charge in [-0.3, -0.25) is 4.98 Å². The second-order valence-corrected chi connectivity index (χ2v) is 4.52. The minimum Gasteiger partial charge on any atom is -0.489 e. The summed E-state index contributed by atoms with van der Waals surface area (Å²) in [5.74, 6) is -0.678. The lowest BCUT2D eigenvalue weighted by Crippen LogP contribution is -2.37. The predicted octanol–water partition coefficient (Wildman–Crippen LogP) is 1.57. The van der Waals surface area contributed by atoms with E-state index in [1.807, 2.05) is 13.8 Å². The van der Waals surface area contributed by atoms with Gasteiger partial charge in [0.2, 0.25) is 0 Å². The molecule has 1 heterocycles. The van der Waals surface area contributed by atoms with Gasteiger partial charge in [-0.15, -0.1) is 0 Å². The second-order valence-electron chi connectivity index (χ2n) is 4.52. The van der Waals surface area contributed by atoms with Crippen molar-refractivity contribution in [2.75, 3.05) is 6.61 Å². The number of hydrogen-bond acceptors (Lipinski definition) is 4. The highest BCUT2D eigenvalue weighted by Crippen LogP contribution is 2.19. The second kappa shape index (κ2) is 5.14. The SMILES string of the molecule is CC(C)C(C)(O)COc1cncc(C(=O)O)c1. The minimum atomic E-state index is -1.06. The number of rotatable bonds is 5. The average molecular weight is 239 g/mol. The highest BCUT2D eigenvalue weighted by atomic mass is 16.5. The summed E-state index contributed by atoms with van der Waals surface area (Å²) in [4.78, 5) is 14.5. The number of aromatic nitrogens is 1. The van der Waals surface area contributed by atoms with Gasteiger partial charge in [0.25, 0.3) is 0 Å². The summed E-state index contributed by atoms with van der Waals surface area (Å²) in [6, 6.07) is 1.38. The van der Waals surface area contributed by atoms with Crippen LogP contribution in [0.25, 0.3) is 0 Å². The lowest BCUT2D eigenvalue weighted by Gasteiger charge is -2.27. The number of pyridine rings is 1. The molecule has 5 heteroatoms. The van der Waals surface area contributed by atoms with Crippen LogP contribution in [0, 0.1) is 5.92 Å². The van der Waals surface area contributed by atoms with Gasteiger partial charge in [0.05, 0.1) is 17.4 Å². The summed E-state index contributed by atoms with van der Waals surface area (Å²) < 4.78 is 5.35. The molecule has 1 rings (SSSR count). The number of hydrogen-bond donors (Lipinski definition) is 2. The molecule has 2 N–H and O–H groups in total. The molecule has 0 bridgehead atoms. The Labute approximate surface area is 100 Å². The first kappa shape index (κ1) is 13.4. The molecule has 0 radical (unpaired) electrons. The van der Waals surface area contributed by atoms with Gasteiger partial charge >= 0.3 is 5.97 Å². The van der Waals surface area contributed by atoms with Crippen molar-refractivity contribution in [1.82, 2.24) is 4.98 Å². The molecule has 0 saturated carbocycles. The molecule has 0 aliphatic carbocycles. The molecule has 0 aliphatic heterocycles. The van der Waals surface area contributed by atoms with Crippen molar-refractivity contribution in [3.05, 3.63) is 24.0 Å². The minimum absolute atomic E-state index is 0.0399. The van der Waals surface area contributed by atoms with E-state index < -0.39 is 11.6 Å². The fraction of sp³-hybridized carbons (Fsp3) is 0.500. The number of aromatic carboxylic acids is 1. The molecule has 0 fully saturated rings. The van der Waals surface area contributed by atoms with E-state index in [9.17, 15) is 9.90 Å². The van der Waals surface area contributed by atoms with Crippen molar-refractivity contribution >= 4 is 5.97 Å². The summed E-state index contributed by atoms with van der Waals surface area (Å²) in [6.45, 7) is 5.53. The Morgan fingerprint density at radius 2 is 2.18 bits per heavy atom. The molecular weight excluding hydrogens is 222 g/mol. The quantitative estimate of drug-likeness (QED) is 0.815. The summed E-state index contributed by atoms with van der Waals surface area (Å²) in [5, 5.41) is 18.8. The molecule has 0 aromatic carbocycles. The Kier molecular flexibility index (Phi) is 4.07. The van der Waals surface area contributed by atoms with Crippen LogP contribution in [0.15, 0.2) is 18.5 Å². The van der Waals surface area contributed by atoms with Gasteiger partial charge in [0.1, 0.15) is 12.4 Å². The topological polar surface area (TPSA) is 79.7 Å². The van der Waals surface area contributed by atoms with Crippen LogP contribution in [0.2, 0.25) is 0 Å². The zero-order chi connectivity index (χ0) is 13.1. The number of aliphatic hydroxyl groups is 1. The van der Waals surface area contributed by atoms with Gasteiger partial charge in [0.15, 0.2) is 0 Å². The van der Waals surface area contributed by atoms with Crippen molar-refractivity contribution < 1.29 is 19.7 Å². The molecular formula is C12H17NO4. The van der Waals surface area contributed by atoms with Crippen LogP contribution in [0.3, 0.4) is 0 Å². The molecule has 0 aliphatic rings. The standard InChI is InChI=1S/C12H17NO4/c1-8(2)12(3,16)7-17-10-4-9(11(14)15)5-13-6-10/h4-6,8,16H,7H2,1-3H3,(H,14,15). The zero-order valence-corrected chi connectivity index (χ0v) is 10.2. The molecule has 5 nitrogen and oxygen atoms in total. The molecule has 17 heavy (non-hydrogen) atoms. The van der Waals surface area contributed by atoms with Gasteiger partial charge in [-0.1, -0.05) is 13.8 Å². The zero-order valence-electron chi connectivity index (χ0n) is 10.2. The van der Waals surface area contributed by atoms with Crippen LogP contribution < -0.4 is 4.74 Å². The summed E-state index contributed by atoms with van der Waals surface area (Å²) in [6.07, 6.45) is 2.67. The molecule has 0 spiro atoms. The molecule has 0 amide bonds. The fourth-order valence-corrected chi connectivity index (χ4v) is 1.01. The van der Waals surface area contributed by atoms with Crippen LogP contribution in [-0.2, 0) is 0 Å². The summed E-state index contributed by atoms with van der Waals surface area (Å²) in [5.41, 5.74) is -0.897. The van der Waals surface area contributed by atoms with Crippen molar-refractivity contribution in [3.8, 4) is 5.75 Å². The van der Waals surface area contributed by atoms with Gasteiger partial charge in [0, 0.05) is 6.20 Å². The van der Waals surface area contributed by atoms with Crippen molar-refractivity contribution in [1.29, 1.82) is 0 Å². The third-order valence-corrected chi connectivity index (χ3v) is 2.73. The van der Waals surface area contributed by atoms with Gasteiger partial charge in [-0.2, -0.15) is 0 Å². The number of nitrogens with zero attached hydrogens (tertiary/aromatic N) is 1. The average Bonchev–Trinajstić information content (AvgIpc) is 2.26. The first-order valence-corrected chi connectivity index (χ1v) is 5.36. The van der Waals surface area contributed by atoms with Crippen LogP contribution >= 0.6 is 0 Å². The Morgan fingerprint density at radius 3 is 2.71 bits per heavy atom. The van der Waals surface area contributed by atoms with Gasteiger partial charge in [-0.05, 0) is 18.9 Å². The largest absolute Gasteiger partial charge is 0.489 e. The molecule has 1 atom stereocenters. The van der Waals surface area contributed by atoms with E-state index in [2.05, 4.69) is 4.98 Å². The monoisotopic (exact) mass is 239 g/mol. The predicted molar refractivity (Wildman–Crippen MR) is 62.2 cm³/mol. The first-order chi connectivity index (χ1) is 7.83. The summed E-state index contributed by atoms with van der Waals surface area (Å²) in [7, 11) is 0. The molecule has 0 saturated heterocycles. The van der Waals surface area contributed by atoms with Gasteiger partial charge in [-0.25, -0.2) is 4.79 Å². The third-order valence-electron chi connectivity index (χ3n) is 2.73. The Bertz CT molecular complexity index is 401. The molecule has 1 unspecified atom stereocenters. The smallest absolute Gasteiger partial charge is 0.337 e. The van der Waals surface area contributed by atoms with Gasteiger partial charge < -0.3 is 14.9 Å². The lowest BCUT2D eigenvalue weighted by molar-refractivity contribution is -0.0267. The summed E-state index contributed by atoms with van der Waals surface area (Å²) >= 11 is 0. The normalized spacial score (nSPS) is 14.4. The van der Waals surface area contributed by atoms with Crippen LogP contribution in [-0.4, -0.2) is 33.4 Å². The van der Waals surface area contributed by atoms with E-state index >= 15 is 0 Å². The van der Waals surface area contributed by atoms with Crippen molar-refractivity contribution in [3.63, 3.8) is 0 Å². The molecule has 1 aromatic heterocycles. The van der Waals surface area contributed by atoms with E-state index in [1.165, 1.54) is 18.5 Å². The lowest BCUT2D eigenvalue weighted by atomic mass is 9.94. The number of ether oxygens (including phenoxy) is 1. The number of carboxylic acids is 1. The van der Waals surface area contributed by atoms with E-state index in [0.29, 0.717) is 5.75 Å². The molecule has 94 valence electrons. The van der Waals surface area contributed by atoms with Crippen molar-refractivity contribution in [2.45, 2.75) is 26.4 Å². The van der Waals surface area contributed by atoms with E-state index in [1.54, 1.807) is 6.92 Å². The first-order valence-electron chi connectivity index (χ1n) is 5.36. The maximum absolute atomic E-state index is 10.7. The Hall–Kier alpha value is -1.62. The highest BCUT2D eigenvalue weighted by Gasteiger charge is 2.25. The van der Waals surface area contributed by atoms with Crippen LogP contribution in [0.5, 0.6) is 5.75 Å². The number of carboxylic acid groups (broad SMARTS) is 1. The fourth-order valence-electron chi connectivity index (χ4n) is 1.01. The highest BCUT2D eigenvalue weighted by molar-refractivity contribution is 5.87. The number of carbonyl (C=O) groups is 1.